The van der Waals surface area contributed by atoms with Crippen LogP contribution in [0.25, 0.3) is 6.08 Å². The van der Waals surface area contributed by atoms with Gasteiger partial charge in [0.1, 0.15) is 0 Å². The van der Waals surface area contributed by atoms with Gasteiger partial charge in [0.15, 0.2) is 0 Å². The van der Waals surface area contributed by atoms with Gasteiger partial charge in [-0.1, -0.05) is 0 Å². The topological polar surface area (TPSA) is 9.23 Å². The van der Waals surface area contributed by atoms with E-state index in [1.165, 1.54) is 28.2 Å². The van der Waals surface area contributed by atoms with Crippen molar-refractivity contribution in [1.82, 2.24) is 0 Å². The zero-order chi connectivity index (χ0) is 13.8. The van der Waals surface area contributed by atoms with Gasteiger partial charge in [0.25, 0.3) is 0 Å². The van der Waals surface area contributed by atoms with Crippen LogP contribution in [0.15, 0.2) is 52.7 Å². The number of rotatable bonds is 8. The number of allylic oxidation sites excluding steroid dienone is 1. The summed E-state index contributed by atoms with van der Waals surface area (Å²) < 4.78 is 6.53. The summed E-state index contributed by atoms with van der Waals surface area (Å²) in [5.41, 5.74) is 4.57. The summed E-state index contributed by atoms with van der Waals surface area (Å²) in [6.07, 6.45) is 8.70. The predicted octanol–water partition coefficient (Wildman–Crippen LogP) is 4.31. The molecule has 0 aliphatic carbocycles. The van der Waals surface area contributed by atoms with Crippen molar-refractivity contribution in [3.05, 3.63) is 58.3 Å². The van der Waals surface area contributed by atoms with Crippen LogP contribution in [0.5, 0.6) is 0 Å². The molecule has 0 fully saturated rings. The van der Waals surface area contributed by atoms with E-state index in [1.807, 2.05) is 30.4 Å². The van der Waals surface area contributed by atoms with Gasteiger partial charge in [-0.2, -0.15) is 0 Å². The average molecular weight is 321 g/mol. The van der Waals surface area contributed by atoms with E-state index in [-0.39, 0.29) is 0 Å². The zero-order valence-corrected chi connectivity index (χ0v) is 13.5. The third-order valence-corrected chi connectivity index (χ3v) is 4.74. The van der Waals surface area contributed by atoms with E-state index in [1.54, 1.807) is 7.11 Å². The normalized spacial score (nSPS) is 10.4. The molecule has 0 saturated heterocycles. The fourth-order valence-corrected chi connectivity index (χ4v) is 3.63. The fourth-order valence-electron chi connectivity index (χ4n) is 1.46. The monoisotopic (exact) mass is 322 g/mol. The molecular formula is C17H22OSe. The van der Waals surface area contributed by atoms with Gasteiger partial charge >= 0.3 is 123 Å². The van der Waals surface area contributed by atoms with Crippen LogP contribution in [0.1, 0.15) is 25.3 Å². The molecule has 102 valence electrons. The molecule has 1 rings (SSSR count). The van der Waals surface area contributed by atoms with Gasteiger partial charge in [0, 0.05) is 0 Å². The van der Waals surface area contributed by atoms with E-state index in [0.717, 1.165) is 0 Å². The summed E-state index contributed by atoms with van der Waals surface area (Å²) in [5, 5.41) is 1.28. The van der Waals surface area contributed by atoms with Gasteiger partial charge in [0.2, 0.25) is 0 Å². The van der Waals surface area contributed by atoms with Gasteiger partial charge in [-0.15, -0.1) is 0 Å². The Kier molecular flexibility index (Phi) is 9.14. The average Bonchev–Trinajstić information content (AvgIpc) is 2.45. The molecule has 2 heteroatoms. The molecule has 0 heterocycles. The summed E-state index contributed by atoms with van der Waals surface area (Å²) in [6.45, 7) is 2.94. The van der Waals surface area contributed by atoms with E-state index in [4.69, 9.17) is 4.74 Å². The Morgan fingerprint density at radius 3 is 2.79 bits per heavy atom. The van der Waals surface area contributed by atoms with Crippen molar-refractivity contribution < 1.29 is 4.74 Å². The van der Waals surface area contributed by atoms with Gasteiger partial charge in [-0.05, 0) is 0 Å². The minimum absolute atomic E-state index is 0.517. The van der Waals surface area contributed by atoms with Crippen molar-refractivity contribution in [3.63, 3.8) is 0 Å². The first-order valence-corrected chi connectivity index (χ1v) is 8.72. The predicted molar refractivity (Wildman–Crippen MR) is 84.4 cm³/mol. The summed E-state index contributed by atoms with van der Waals surface area (Å²) in [6, 6.07) is 10.3. The van der Waals surface area contributed by atoms with Gasteiger partial charge in [0.05, 0.1) is 0 Å². The van der Waals surface area contributed by atoms with Crippen LogP contribution in [-0.4, -0.2) is 28.7 Å². The second kappa shape index (κ2) is 10.8. The van der Waals surface area contributed by atoms with Crippen molar-refractivity contribution in [3.8, 4) is 0 Å². The van der Waals surface area contributed by atoms with Crippen molar-refractivity contribution in [1.29, 1.82) is 0 Å². The quantitative estimate of drug-likeness (QED) is 0.300. The van der Waals surface area contributed by atoms with Crippen LogP contribution in [0.3, 0.4) is 0 Å². The molecule has 0 aliphatic heterocycles. The van der Waals surface area contributed by atoms with Crippen LogP contribution < -0.4 is 0 Å². The van der Waals surface area contributed by atoms with Crippen LogP contribution >= 0.6 is 0 Å². The SMILES string of the molecule is CCCC[Se]C(=C=C/C=C/c1ccccc1)COC. The van der Waals surface area contributed by atoms with E-state index in [9.17, 15) is 0 Å². The molecular weight excluding hydrogens is 299 g/mol. The zero-order valence-electron chi connectivity index (χ0n) is 11.8. The molecule has 0 spiro atoms. The van der Waals surface area contributed by atoms with Gasteiger partial charge in [-0.25, -0.2) is 0 Å². The Balaban J connectivity index is 2.56. The summed E-state index contributed by atoms with van der Waals surface area (Å²) in [5.74, 6) is 0. The second-order valence-corrected chi connectivity index (χ2v) is 6.64. The summed E-state index contributed by atoms with van der Waals surface area (Å²) in [4.78, 5) is 0. The molecule has 0 amide bonds. The van der Waals surface area contributed by atoms with Crippen molar-refractivity contribution >= 4 is 21.0 Å². The maximum absolute atomic E-state index is 5.22. The molecule has 0 aliphatic rings. The van der Waals surface area contributed by atoms with Crippen LogP contribution in [0, 0.1) is 0 Å². The number of hydrogen-bond acceptors (Lipinski definition) is 1. The first kappa shape index (κ1) is 16.0. The molecule has 1 aromatic carbocycles. The maximum atomic E-state index is 5.22. The van der Waals surface area contributed by atoms with Crippen molar-refractivity contribution in [2.45, 2.75) is 25.1 Å². The number of benzene rings is 1. The van der Waals surface area contributed by atoms with Crippen LogP contribution in [0.4, 0.5) is 0 Å². The molecule has 0 radical (unpaired) electrons. The second-order valence-electron chi connectivity index (χ2n) is 4.14. The fraction of sp³-hybridized carbons (Fsp3) is 0.353. The third kappa shape index (κ3) is 7.87. The van der Waals surface area contributed by atoms with Crippen LogP contribution in [0.2, 0.25) is 5.32 Å². The van der Waals surface area contributed by atoms with E-state index in [2.05, 4.69) is 30.9 Å². The van der Waals surface area contributed by atoms with Crippen molar-refractivity contribution in [2.75, 3.05) is 13.7 Å². The summed E-state index contributed by atoms with van der Waals surface area (Å²) >= 11 is 0.517. The van der Waals surface area contributed by atoms with Crippen LogP contribution in [-0.2, 0) is 4.74 Å². The van der Waals surface area contributed by atoms with E-state index >= 15 is 0 Å². The molecule has 0 atom stereocenters. The molecule has 0 unspecified atom stereocenters. The first-order chi connectivity index (χ1) is 9.36. The minimum atomic E-state index is 0.517. The Morgan fingerprint density at radius 1 is 1.32 bits per heavy atom. The molecule has 0 aromatic heterocycles. The number of ether oxygens (including phenoxy) is 1. The Labute approximate surface area is 123 Å². The van der Waals surface area contributed by atoms with E-state index < -0.39 is 0 Å². The van der Waals surface area contributed by atoms with Crippen molar-refractivity contribution in [2.24, 2.45) is 0 Å². The molecule has 0 bridgehead atoms. The molecule has 19 heavy (non-hydrogen) atoms. The first-order valence-electron chi connectivity index (χ1n) is 6.66. The standard InChI is InChI=1S/C17H22OSe/c1-3-4-14-19-17(15-18-2)13-9-8-12-16-10-6-5-7-11-16/h5-12H,3-4,14-15H2,1-2H3/b12-8+. The Morgan fingerprint density at radius 2 is 2.11 bits per heavy atom. The van der Waals surface area contributed by atoms with Gasteiger partial charge < -0.3 is 0 Å². The summed E-state index contributed by atoms with van der Waals surface area (Å²) in [7, 11) is 1.75. The molecule has 0 saturated carbocycles. The van der Waals surface area contributed by atoms with E-state index in [0.29, 0.717) is 21.6 Å². The third-order valence-electron chi connectivity index (χ3n) is 2.48. The van der Waals surface area contributed by atoms with Gasteiger partial charge in [-0.3, -0.25) is 0 Å². The number of unbranched alkanes of at least 4 members (excludes halogenated alkanes) is 1. The number of hydrogen-bond donors (Lipinski definition) is 0. The molecule has 0 N–H and O–H groups in total. The molecule has 1 aromatic rings. The number of methoxy groups -OCH3 is 1. The molecule has 1 nitrogen and oxygen atoms in total. The Hall–Kier alpha value is -1.04. The Bertz CT molecular complexity index is 428.